The van der Waals surface area contributed by atoms with Gasteiger partial charge in [0.15, 0.2) is 6.10 Å². The molecule has 0 aromatic heterocycles. The molecule has 0 aliphatic carbocycles. The lowest BCUT2D eigenvalue weighted by atomic mass is 10.0. The van der Waals surface area contributed by atoms with Gasteiger partial charge in [-0.15, -0.1) is 0 Å². The number of ether oxygens (including phenoxy) is 2. The molecule has 8 nitrogen and oxygen atoms in total. The van der Waals surface area contributed by atoms with Gasteiger partial charge in [-0.2, -0.15) is 0 Å². The largest absolute Gasteiger partial charge is 0.496 e. The average Bonchev–Trinajstić information content (AvgIpc) is 2.70. The second-order valence-electron chi connectivity index (χ2n) is 7.77. The molecule has 0 spiro atoms. The summed E-state index contributed by atoms with van der Waals surface area (Å²) < 4.78 is 10.5. The number of nitrogens with zero attached hydrogens (tertiary/aromatic N) is 2. The molecule has 1 amide bonds. The van der Waals surface area contributed by atoms with Crippen LogP contribution < -0.4 is 4.74 Å². The molecule has 0 saturated heterocycles. The molecule has 2 rings (SSSR count). The Labute approximate surface area is 175 Å². The smallest absolute Gasteiger partial charge is 0.342 e. The quantitative estimate of drug-likeness (QED) is 0.386. The molecule has 160 valence electrons. The summed E-state index contributed by atoms with van der Waals surface area (Å²) in [5, 5.41) is 11.0. The average molecular weight is 414 g/mol. The molecule has 0 N–H and O–H groups in total. The summed E-state index contributed by atoms with van der Waals surface area (Å²) in [5.74, 6) is -1.11. The van der Waals surface area contributed by atoms with Crippen molar-refractivity contribution in [3.05, 3.63) is 69.8 Å². The summed E-state index contributed by atoms with van der Waals surface area (Å²) in [4.78, 5) is 37.8. The van der Waals surface area contributed by atoms with E-state index in [9.17, 15) is 19.7 Å². The first-order valence-corrected chi connectivity index (χ1v) is 9.43. The molecule has 2 aromatic carbocycles. The van der Waals surface area contributed by atoms with Crippen LogP contribution in [0.1, 0.15) is 43.6 Å². The molecule has 0 unspecified atom stereocenters. The van der Waals surface area contributed by atoms with E-state index in [0.29, 0.717) is 6.54 Å². The Balaban J connectivity index is 2.23. The van der Waals surface area contributed by atoms with Crippen molar-refractivity contribution in [2.45, 2.75) is 45.9 Å². The van der Waals surface area contributed by atoms with E-state index in [0.717, 1.165) is 11.6 Å². The van der Waals surface area contributed by atoms with Gasteiger partial charge in [-0.25, -0.2) is 4.79 Å². The fourth-order valence-electron chi connectivity index (χ4n) is 2.87. The summed E-state index contributed by atoms with van der Waals surface area (Å²) in [5.41, 5.74) is 0.0371. The van der Waals surface area contributed by atoms with Gasteiger partial charge >= 0.3 is 5.97 Å². The number of hydrogen-bond acceptors (Lipinski definition) is 6. The highest BCUT2D eigenvalue weighted by atomic mass is 16.6. The van der Waals surface area contributed by atoms with E-state index < -0.39 is 22.5 Å². The topological polar surface area (TPSA) is 99.0 Å². The van der Waals surface area contributed by atoms with Gasteiger partial charge in [-0.3, -0.25) is 14.9 Å². The summed E-state index contributed by atoms with van der Waals surface area (Å²) >= 11 is 0. The molecule has 30 heavy (non-hydrogen) atoms. The number of non-ortho nitro benzene ring substituents is 1. The van der Waals surface area contributed by atoms with Gasteiger partial charge in [0.25, 0.3) is 11.6 Å². The zero-order chi connectivity index (χ0) is 22.5. The highest BCUT2D eigenvalue weighted by Gasteiger charge is 2.32. The normalized spacial score (nSPS) is 12.0. The second-order valence-corrected chi connectivity index (χ2v) is 7.77. The summed E-state index contributed by atoms with van der Waals surface area (Å²) in [6.45, 7) is 7.52. The number of hydrogen-bond donors (Lipinski definition) is 0. The molecule has 8 heteroatoms. The molecule has 0 radical (unpaired) electrons. The van der Waals surface area contributed by atoms with E-state index >= 15 is 0 Å². The fraction of sp³-hybridized carbons (Fsp3) is 0.364. The predicted octanol–water partition coefficient (Wildman–Crippen LogP) is 3.98. The van der Waals surface area contributed by atoms with Crippen LogP contribution in [0, 0.1) is 10.1 Å². The highest BCUT2D eigenvalue weighted by molar-refractivity contribution is 5.95. The molecule has 0 aliphatic rings. The van der Waals surface area contributed by atoms with Crippen molar-refractivity contribution < 1.29 is 24.0 Å². The Kier molecular flexibility index (Phi) is 7.15. The Bertz CT molecular complexity index is 921. The Morgan fingerprint density at radius 1 is 1.13 bits per heavy atom. The molecular weight excluding hydrogens is 388 g/mol. The van der Waals surface area contributed by atoms with Crippen molar-refractivity contribution in [1.82, 2.24) is 4.90 Å². The monoisotopic (exact) mass is 414 g/mol. The van der Waals surface area contributed by atoms with Gasteiger partial charge in [0, 0.05) is 24.2 Å². The number of amides is 1. The molecule has 0 fully saturated rings. The van der Waals surface area contributed by atoms with Crippen molar-refractivity contribution in [2.75, 3.05) is 7.11 Å². The van der Waals surface area contributed by atoms with Crippen molar-refractivity contribution in [3.63, 3.8) is 0 Å². The maximum Gasteiger partial charge on any atom is 0.342 e. The standard InChI is InChI=1S/C22H26N2O6/c1-15(20(25)23(22(2,3)4)14-16-9-7-6-8-10-16)30-21(26)18-13-17(24(27)28)11-12-19(18)29-5/h6-13,15H,14H2,1-5H3/t15-/m0/s1. The van der Waals surface area contributed by atoms with Crippen molar-refractivity contribution in [3.8, 4) is 5.75 Å². The van der Waals surface area contributed by atoms with Crippen LogP contribution in [-0.2, 0) is 16.1 Å². The van der Waals surface area contributed by atoms with Crippen LogP contribution in [0.15, 0.2) is 48.5 Å². The molecule has 1 atom stereocenters. The van der Waals surface area contributed by atoms with E-state index in [1.54, 1.807) is 4.90 Å². The van der Waals surface area contributed by atoms with E-state index in [1.165, 1.54) is 26.2 Å². The van der Waals surface area contributed by atoms with Gasteiger partial charge in [0.05, 0.1) is 12.0 Å². The van der Waals surface area contributed by atoms with Gasteiger partial charge in [0.2, 0.25) is 0 Å². The third kappa shape index (κ3) is 5.56. The molecule has 0 aliphatic heterocycles. The van der Waals surface area contributed by atoms with E-state index in [2.05, 4.69) is 0 Å². The lowest BCUT2D eigenvalue weighted by Crippen LogP contribution is -2.49. The van der Waals surface area contributed by atoms with Crippen LogP contribution in [0.25, 0.3) is 0 Å². The number of carbonyl (C=O) groups excluding carboxylic acids is 2. The number of methoxy groups -OCH3 is 1. The molecule has 2 aromatic rings. The van der Waals surface area contributed by atoms with Crippen LogP contribution in [-0.4, -0.2) is 40.5 Å². The van der Waals surface area contributed by atoms with Gasteiger partial charge in [-0.1, -0.05) is 30.3 Å². The number of nitro benzene ring substituents is 1. The maximum atomic E-state index is 13.1. The Hall–Kier alpha value is -3.42. The van der Waals surface area contributed by atoms with Crippen LogP contribution in [0.4, 0.5) is 5.69 Å². The number of carbonyl (C=O) groups is 2. The van der Waals surface area contributed by atoms with Gasteiger partial charge < -0.3 is 14.4 Å². The molecular formula is C22H26N2O6. The van der Waals surface area contributed by atoms with E-state index in [1.807, 2.05) is 51.1 Å². The highest BCUT2D eigenvalue weighted by Crippen LogP contribution is 2.26. The number of rotatable bonds is 7. The first-order chi connectivity index (χ1) is 14.0. The molecule has 0 saturated carbocycles. The fourth-order valence-corrected chi connectivity index (χ4v) is 2.87. The zero-order valence-electron chi connectivity index (χ0n) is 17.7. The SMILES string of the molecule is COc1ccc([N+](=O)[O-])cc1C(=O)O[C@@H](C)C(=O)N(Cc1ccccc1)C(C)(C)C. The number of esters is 1. The number of nitro groups is 1. The van der Waals surface area contributed by atoms with E-state index in [-0.39, 0.29) is 22.9 Å². The van der Waals surface area contributed by atoms with Gasteiger partial charge in [-0.05, 0) is 39.3 Å². The third-order valence-electron chi connectivity index (χ3n) is 4.50. The first kappa shape index (κ1) is 22.9. The first-order valence-electron chi connectivity index (χ1n) is 9.43. The van der Waals surface area contributed by atoms with Crippen molar-refractivity contribution >= 4 is 17.6 Å². The van der Waals surface area contributed by atoms with Gasteiger partial charge in [0.1, 0.15) is 11.3 Å². The predicted molar refractivity (Wildman–Crippen MR) is 111 cm³/mol. The minimum absolute atomic E-state index is 0.114. The van der Waals surface area contributed by atoms with E-state index in [4.69, 9.17) is 9.47 Å². The van der Waals surface area contributed by atoms with Crippen molar-refractivity contribution in [2.24, 2.45) is 0 Å². The summed E-state index contributed by atoms with van der Waals surface area (Å²) in [6, 6.07) is 13.1. The number of benzene rings is 2. The van der Waals surface area contributed by atoms with Crippen LogP contribution in [0.3, 0.4) is 0 Å². The third-order valence-corrected chi connectivity index (χ3v) is 4.50. The minimum Gasteiger partial charge on any atom is -0.496 e. The lowest BCUT2D eigenvalue weighted by molar-refractivity contribution is -0.384. The van der Waals surface area contributed by atoms with Crippen molar-refractivity contribution in [1.29, 1.82) is 0 Å². The Morgan fingerprint density at radius 2 is 1.77 bits per heavy atom. The molecule has 0 bridgehead atoms. The van der Waals surface area contributed by atoms with Crippen LogP contribution in [0.5, 0.6) is 5.75 Å². The minimum atomic E-state index is -1.09. The molecule has 0 heterocycles. The Morgan fingerprint density at radius 3 is 2.30 bits per heavy atom. The zero-order valence-corrected chi connectivity index (χ0v) is 17.7. The lowest BCUT2D eigenvalue weighted by Gasteiger charge is -2.37. The van der Waals surface area contributed by atoms with Crippen LogP contribution in [0.2, 0.25) is 0 Å². The summed E-state index contributed by atoms with van der Waals surface area (Å²) in [7, 11) is 1.34. The summed E-state index contributed by atoms with van der Waals surface area (Å²) in [6.07, 6.45) is -1.09. The van der Waals surface area contributed by atoms with Crippen LogP contribution >= 0.6 is 0 Å². The maximum absolute atomic E-state index is 13.1. The second kappa shape index (κ2) is 9.39.